The van der Waals surface area contributed by atoms with Gasteiger partial charge in [0.15, 0.2) is 0 Å². The molecule has 4 N–H and O–H groups in total. The molecule has 8 nitrogen and oxygen atoms in total. The number of amides is 2. The van der Waals surface area contributed by atoms with E-state index >= 15 is 0 Å². The Kier molecular flexibility index (Phi) is 8.19. The summed E-state index contributed by atoms with van der Waals surface area (Å²) in [4.78, 5) is 23.4. The number of anilines is 2. The second kappa shape index (κ2) is 11.1. The Bertz CT molecular complexity index is 792. The molecule has 0 unspecified atom stereocenters. The van der Waals surface area contributed by atoms with Crippen molar-refractivity contribution in [1.29, 1.82) is 0 Å². The van der Waals surface area contributed by atoms with Gasteiger partial charge in [0.2, 0.25) is 0 Å². The molecule has 0 spiro atoms. The van der Waals surface area contributed by atoms with E-state index in [-0.39, 0.29) is 24.9 Å². The van der Waals surface area contributed by atoms with Crippen LogP contribution in [-0.2, 0) is 9.59 Å². The smallest absolute Gasteiger partial charge is 0.259 e. The van der Waals surface area contributed by atoms with E-state index in [2.05, 4.69) is 31.7 Å². The van der Waals surface area contributed by atoms with E-state index in [0.717, 1.165) is 22.5 Å². The van der Waals surface area contributed by atoms with Crippen LogP contribution in [0.1, 0.15) is 11.1 Å². The first kappa shape index (κ1) is 20.6. The zero-order valence-electron chi connectivity index (χ0n) is 15.9. The van der Waals surface area contributed by atoms with E-state index in [0.29, 0.717) is 0 Å². The molecule has 0 saturated heterocycles. The van der Waals surface area contributed by atoms with Crippen molar-refractivity contribution >= 4 is 35.6 Å². The zero-order chi connectivity index (χ0) is 20.2. The highest BCUT2D eigenvalue weighted by Crippen LogP contribution is 2.12. The van der Waals surface area contributed by atoms with Crippen molar-refractivity contribution in [1.82, 2.24) is 10.9 Å². The fraction of sp³-hybridized carbons (Fsp3) is 0.200. The van der Waals surface area contributed by atoms with E-state index < -0.39 is 0 Å². The molecule has 0 radical (unpaired) electrons. The predicted molar refractivity (Wildman–Crippen MR) is 113 cm³/mol. The summed E-state index contributed by atoms with van der Waals surface area (Å²) in [7, 11) is 0. The van der Waals surface area contributed by atoms with Gasteiger partial charge in [-0.25, -0.2) is 10.9 Å². The number of nitrogens with zero attached hydrogens (tertiary/aromatic N) is 2. The highest BCUT2D eigenvalue weighted by atomic mass is 16.2. The maximum Gasteiger partial charge on any atom is 0.259 e. The largest absolute Gasteiger partial charge is 0.376 e. The molecule has 0 aliphatic carbocycles. The lowest BCUT2D eigenvalue weighted by molar-refractivity contribution is -0.120. The van der Waals surface area contributed by atoms with Gasteiger partial charge in [0.1, 0.15) is 0 Å². The van der Waals surface area contributed by atoms with E-state index in [9.17, 15) is 9.59 Å². The van der Waals surface area contributed by atoms with Crippen molar-refractivity contribution in [3.63, 3.8) is 0 Å². The number of benzene rings is 2. The summed E-state index contributed by atoms with van der Waals surface area (Å²) < 4.78 is 0. The summed E-state index contributed by atoms with van der Waals surface area (Å²) in [5, 5.41) is 13.5. The molecule has 2 rings (SSSR count). The maximum absolute atomic E-state index is 11.7. The van der Waals surface area contributed by atoms with Gasteiger partial charge in [0, 0.05) is 11.4 Å². The molecule has 146 valence electrons. The number of carbonyl (C=O) groups is 2. The van der Waals surface area contributed by atoms with Crippen molar-refractivity contribution < 1.29 is 9.59 Å². The first-order chi connectivity index (χ1) is 13.6. The number of carbonyl (C=O) groups excluding carboxylic acids is 2. The second-order valence-corrected chi connectivity index (χ2v) is 5.96. The van der Waals surface area contributed by atoms with Crippen LogP contribution in [0.25, 0.3) is 0 Å². The second-order valence-electron chi connectivity index (χ2n) is 5.96. The number of aryl methyl sites for hydroxylation is 2. The van der Waals surface area contributed by atoms with Crippen molar-refractivity contribution in [3.05, 3.63) is 59.7 Å². The lowest BCUT2D eigenvalue weighted by Crippen LogP contribution is -2.27. The normalized spacial score (nSPS) is 10.8. The molecule has 0 fully saturated rings. The third kappa shape index (κ3) is 7.28. The molecular formula is C20H24N6O2. The SMILES string of the molecule is Cc1ccccc1NCC(=O)N/N=C\C=N/NC(=O)CNc1ccccc1C. The summed E-state index contributed by atoms with van der Waals surface area (Å²) >= 11 is 0. The minimum absolute atomic E-state index is 0.0979. The molecule has 8 heteroatoms. The minimum atomic E-state index is -0.292. The number of rotatable bonds is 9. The van der Waals surface area contributed by atoms with Crippen LogP contribution in [0.4, 0.5) is 11.4 Å². The number of nitrogens with one attached hydrogen (secondary N) is 4. The zero-order valence-corrected chi connectivity index (χ0v) is 15.9. The lowest BCUT2D eigenvalue weighted by Gasteiger charge is -2.07. The monoisotopic (exact) mass is 380 g/mol. The first-order valence-corrected chi connectivity index (χ1v) is 8.77. The van der Waals surface area contributed by atoms with Crippen LogP contribution in [0.5, 0.6) is 0 Å². The molecule has 0 aromatic heterocycles. The van der Waals surface area contributed by atoms with E-state index in [1.54, 1.807) is 0 Å². The Hall–Kier alpha value is -3.68. The lowest BCUT2D eigenvalue weighted by atomic mass is 10.2. The Morgan fingerprint density at radius 3 is 1.54 bits per heavy atom. The summed E-state index contributed by atoms with van der Waals surface area (Å²) in [5.74, 6) is -0.585. The van der Waals surface area contributed by atoms with Gasteiger partial charge in [-0.05, 0) is 37.1 Å². The molecule has 0 aliphatic rings. The maximum atomic E-state index is 11.7. The summed E-state index contributed by atoms with van der Waals surface area (Å²) in [6.45, 7) is 4.11. The van der Waals surface area contributed by atoms with Crippen LogP contribution in [0.15, 0.2) is 58.7 Å². The predicted octanol–water partition coefficient (Wildman–Crippen LogP) is 2.03. The summed E-state index contributed by atoms with van der Waals surface area (Å²) in [6.07, 6.45) is 2.56. The molecule has 0 saturated carbocycles. The average molecular weight is 380 g/mol. The van der Waals surface area contributed by atoms with Crippen LogP contribution >= 0.6 is 0 Å². The van der Waals surface area contributed by atoms with Crippen LogP contribution in [0.2, 0.25) is 0 Å². The van der Waals surface area contributed by atoms with Crippen LogP contribution in [0.3, 0.4) is 0 Å². The molecule has 2 amide bonds. The Morgan fingerprint density at radius 2 is 1.14 bits per heavy atom. The van der Waals surface area contributed by atoms with Crippen molar-refractivity contribution in [2.75, 3.05) is 23.7 Å². The molecule has 28 heavy (non-hydrogen) atoms. The van der Waals surface area contributed by atoms with E-state index in [1.807, 2.05) is 62.4 Å². The fourth-order valence-electron chi connectivity index (χ4n) is 2.26. The molecule has 2 aromatic rings. The molecule has 0 heterocycles. The fourth-order valence-corrected chi connectivity index (χ4v) is 2.26. The van der Waals surface area contributed by atoms with Crippen LogP contribution in [-0.4, -0.2) is 37.3 Å². The van der Waals surface area contributed by atoms with Gasteiger partial charge < -0.3 is 10.6 Å². The van der Waals surface area contributed by atoms with Crippen LogP contribution < -0.4 is 21.5 Å². The van der Waals surface area contributed by atoms with E-state index in [1.165, 1.54) is 12.4 Å². The van der Waals surface area contributed by atoms with Gasteiger partial charge in [-0.1, -0.05) is 36.4 Å². The van der Waals surface area contributed by atoms with Gasteiger partial charge in [0.05, 0.1) is 25.5 Å². The summed E-state index contributed by atoms with van der Waals surface area (Å²) in [5.41, 5.74) is 8.63. The third-order valence-electron chi connectivity index (χ3n) is 3.76. The number of para-hydroxylation sites is 2. The first-order valence-electron chi connectivity index (χ1n) is 8.77. The molecular weight excluding hydrogens is 356 g/mol. The highest BCUT2D eigenvalue weighted by Gasteiger charge is 2.01. The van der Waals surface area contributed by atoms with Gasteiger partial charge in [-0.15, -0.1) is 0 Å². The highest BCUT2D eigenvalue weighted by molar-refractivity contribution is 6.16. The Morgan fingerprint density at radius 1 is 0.750 bits per heavy atom. The minimum Gasteiger partial charge on any atom is -0.376 e. The molecule has 2 aromatic carbocycles. The average Bonchev–Trinajstić information content (AvgIpc) is 2.69. The van der Waals surface area contributed by atoms with Crippen LogP contribution in [0, 0.1) is 13.8 Å². The summed E-state index contributed by atoms with van der Waals surface area (Å²) in [6, 6.07) is 15.4. The van der Waals surface area contributed by atoms with Crippen molar-refractivity contribution in [3.8, 4) is 0 Å². The van der Waals surface area contributed by atoms with Gasteiger partial charge in [0.25, 0.3) is 11.8 Å². The van der Waals surface area contributed by atoms with E-state index in [4.69, 9.17) is 0 Å². The number of hydrazone groups is 2. The van der Waals surface area contributed by atoms with Crippen molar-refractivity contribution in [2.24, 2.45) is 10.2 Å². The number of hydrogen-bond acceptors (Lipinski definition) is 6. The van der Waals surface area contributed by atoms with Gasteiger partial charge in [-0.2, -0.15) is 10.2 Å². The Balaban J connectivity index is 1.62. The van der Waals surface area contributed by atoms with Crippen molar-refractivity contribution in [2.45, 2.75) is 13.8 Å². The number of hydrogen-bond donors (Lipinski definition) is 4. The standard InChI is InChI=1S/C20H24N6O2/c1-15-7-3-5-9-17(15)21-13-19(27)25-23-11-12-24-26-20(28)14-22-18-10-6-4-8-16(18)2/h3-12,21-22H,13-14H2,1-2H3,(H,25,27)(H,26,28)/b23-11-,24-12-. The quantitative estimate of drug-likeness (QED) is 0.394. The Labute approximate surface area is 164 Å². The third-order valence-corrected chi connectivity index (χ3v) is 3.76. The molecule has 0 bridgehead atoms. The molecule has 0 aliphatic heterocycles. The molecule has 0 atom stereocenters. The topological polar surface area (TPSA) is 107 Å². The van der Waals surface area contributed by atoms with Gasteiger partial charge in [-0.3, -0.25) is 9.59 Å². The van der Waals surface area contributed by atoms with Gasteiger partial charge >= 0.3 is 0 Å².